The number of hydrogen-bond acceptors (Lipinski definition) is 4. The van der Waals surface area contributed by atoms with Gasteiger partial charge in [-0.25, -0.2) is 0 Å². The molecular formula is C26H24ClN5O2. The van der Waals surface area contributed by atoms with E-state index in [9.17, 15) is 9.59 Å². The highest BCUT2D eigenvalue weighted by Gasteiger charge is 2.32. The van der Waals surface area contributed by atoms with Crippen LogP contribution in [0.3, 0.4) is 0 Å². The fraction of sp³-hybridized carbons (Fsp3) is 0.231. The monoisotopic (exact) mass is 473 g/mol. The maximum absolute atomic E-state index is 12.6. The van der Waals surface area contributed by atoms with Gasteiger partial charge in [-0.1, -0.05) is 54.1 Å². The third-order valence-electron chi connectivity index (χ3n) is 6.16. The normalized spacial score (nSPS) is 17.2. The van der Waals surface area contributed by atoms with E-state index < -0.39 is 0 Å². The van der Waals surface area contributed by atoms with E-state index in [1.54, 1.807) is 22.9 Å². The van der Waals surface area contributed by atoms with E-state index in [0.717, 1.165) is 29.0 Å². The SMILES string of the molecule is O=C(NC1CC(c2cccc(Cl)c2)C1)c1cnn(Cc2ccc(Cn3ccccc3=O)cc2)n1. The second-order valence-corrected chi connectivity index (χ2v) is 9.07. The van der Waals surface area contributed by atoms with Crippen LogP contribution in [0.5, 0.6) is 0 Å². The van der Waals surface area contributed by atoms with Crippen LogP contribution in [0.1, 0.15) is 45.9 Å². The highest BCUT2D eigenvalue weighted by molar-refractivity contribution is 6.30. The Bertz CT molecular complexity index is 1360. The van der Waals surface area contributed by atoms with Crippen molar-refractivity contribution >= 4 is 17.5 Å². The molecule has 1 N–H and O–H groups in total. The Morgan fingerprint density at radius 3 is 2.50 bits per heavy atom. The van der Waals surface area contributed by atoms with Gasteiger partial charge in [0.05, 0.1) is 19.3 Å². The molecule has 1 amide bonds. The number of rotatable bonds is 7. The minimum Gasteiger partial charge on any atom is -0.348 e. The Balaban J connectivity index is 1.13. The van der Waals surface area contributed by atoms with Gasteiger partial charge in [0.15, 0.2) is 5.69 Å². The molecule has 0 saturated heterocycles. The number of nitrogens with zero attached hydrogens (tertiary/aromatic N) is 4. The Hall–Kier alpha value is -3.71. The topological polar surface area (TPSA) is 81.8 Å². The molecule has 0 radical (unpaired) electrons. The third-order valence-corrected chi connectivity index (χ3v) is 6.40. The zero-order valence-corrected chi connectivity index (χ0v) is 19.2. The van der Waals surface area contributed by atoms with Crippen molar-refractivity contribution in [2.24, 2.45) is 0 Å². The van der Waals surface area contributed by atoms with Crippen LogP contribution in [0.2, 0.25) is 5.02 Å². The van der Waals surface area contributed by atoms with Crippen LogP contribution in [0.15, 0.2) is 83.9 Å². The maximum Gasteiger partial charge on any atom is 0.273 e. The summed E-state index contributed by atoms with van der Waals surface area (Å²) in [6.45, 7) is 0.975. The molecule has 0 bridgehead atoms. The van der Waals surface area contributed by atoms with Crippen LogP contribution < -0.4 is 10.9 Å². The van der Waals surface area contributed by atoms with Crippen molar-refractivity contribution in [3.8, 4) is 0 Å². The first kappa shape index (κ1) is 22.1. The van der Waals surface area contributed by atoms with Crippen molar-refractivity contribution in [1.82, 2.24) is 24.9 Å². The van der Waals surface area contributed by atoms with Crippen LogP contribution in [0.25, 0.3) is 0 Å². The molecule has 2 aromatic heterocycles. The standard InChI is InChI=1S/C26H24ClN5O2/c27-22-5-3-4-20(12-22)21-13-23(14-21)29-26(34)24-15-28-32(30-24)17-19-9-7-18(8-10-19)16-31-11-2-1-6-25(31)33/h1-12,15,21,23H,13-14,16-17H2,(H,29,34). The summed E-state index contributed by atoms with van der Waals surface area (Å²) in [5, 5.41) is 12.4. The molecule has 1 aliphatic rings. The van der Waals surface area contributed by atoms with E-state index in [1.165, 1.54) is 16.6 Å². The van der Waals surface area contributed by atoms with Crippen molar-refractivity contribution in [2.45, 2.75) is 37.9 Å². The molecule has 4 aromatic rings. The Kier molecular flexibility index (Phi) is 6.27. The molecule has 2 aromatic carbocycles. The highest BCUT2D eigenvalue weighted by atomic mass is 35.5. The number of halogens is 1. The second-order valence-electron chi connectivity index (χ2n) is 8.64. The van der Waals surface area contributed by atoms with Gasteiger partial charge in [0.2, 0.25) is 0 Å². The predicted molar refractivity (Wildman–Crippen MR) is 130 cm³/mol. The van der Waals surface area contributed by atoms with Crippen LogP contribution >= 0.6 is 11.6 Å². The summed E-state index contributed by atoms with van der Waals surface area (Å²) in [6.07, 6.45) is 5.06. The molecule has 8 heteroatoms. The van der Waals surface area contributed by atoms with Gasteiger partial charge in [0.1, 0.15) is 0 Å². The zero-order chi connectivity index (χ0) is 23.5. The third kappa shape index (κ3) is 5.10. The largest absolute Gasteiger partial charge is 0.348 e. The van der Waals surface area contributed by atoms with Gasteiger partial charge >= 0.3 is 0 Å². The fourth-order valence-electron chi connectivity index (χ4n) is 4.21. The molecular weight excluding hydrogens is 450 g/mol. The summed E-state index contributed by atoms with van der Waals surface area (Å²) in [4.78, 5) is 26.0. The lowest BCUT2D eigenvalue weighted by Crippen LogP contribution is -2.43. The lowest BCUT2D eigenvalue weighted by Gasteiger charge is -2.36. The number of pyridine rings is 1. The number of aromatic nitrogens is 4. The van der Waals surface area contributed by atoms with Crippen molar-refractivity contribution < 1.29 is 4.79 Å². The first-order valence-electron chi connectivity index (χ1n) is 11.2. The second kappa shape index (κ2) is 9.65. The van der Waals surface area contributed by atoms with E-state index in [-0.39, 0.29) is 17.5 Å². The average molecular weight is 474 g/mol. The molecule has 1 saturated carbocycles. The highest BCUT2D eigenvalue weighted by Crippen LogP contribution is 2.37. The summed E-state index contributed by atoms with van der Waals surface area (Å²) in [5.41, 5.74) is 3.54. The van der Waals surface area contributed by atoms with Gasteiger partial charge in [-0.15, -0.1) is 5.10 Å². The zero-order valence-electron chi connectivity index (χ0n) is 18.5. The quantitative estimate of drug-likeness (QED) is 0.442. The molecule has 1 fully saturated rings. The smallest absolute Gasteiger partial charge is 0.273 e. The van der Waals surface area contributed by atoms with E-state index in [2.05, 4.69) is 21.6 Å². The minimum absolute atomic E-state index is 0.0278. The number of carbonyl (C=O) groups is 1. The summed E-state index contributed by atoms with van der Waals surface area (Å²) >= 11 is 6.08. The van der Waals surface area contributed by atoms with Gasteiger partial charge < -0.3 is 9.88 Å². The summed E-state index contributed by atoms with van der Waals surface area (Å²) in [6, 6.07) is 21.1. The number of amides is 1. The molecule has 0 atom stereocenters. The summed E-state index contributed by atoms with van der Waals surface area (Å²) in [5.74, 6) is 0.215. The maximum atomic E-state index is 12.6. The van der Waals surface area contributed by atoms with E-state index in [4.69, 9.17) is 11.6 Å². The molecule has 0 unspecified atom stereocenters. The van der Waals surface area contributed by atoms with Crippen LogP contribution in [0.4, 0.5) is 0 Å². The molecule has 172 valence electrons. The lowest BCUT2D eigenvalue weighted by molar-refractivity contribution is 0.0903. The minimum atomic E-state index is -0.204. The van der Waals surface area contributed by atoms with Crippen molar-refractivity contribution in [2.75, 3.05) is 0 Å². The lowest BCUT2D eigenvalue weighted by atomic mass is 9.76. The number of carbonyl (C=O) groups excluding carboxylic acids is 1. The first-order chi connectivity index (χ1) is 16.5. The fourth-order valence-corrected chi connectivity index (χ4v) is 4.41. The molecule has 0 spiro atoms. The average Bonchev–Trinajstić information content (AvgIpc) is 3.27. The number of nitrogens with one attached hydrogen (secondary N) is 1. The van der Waals surface area contributed by atoms with E-state index in [1.807, 2.05) is 48.5 Å². The van der Waals surface area contributed by atoms with E-state index >= 15 is 0 Å². The van der Waals surface area contributed by atoms with Gasteiger partial charge in [0.25, 0.3) is 11.5 Å². The van der Waals surface area contributed by atoms with Crippen LogP contribution in [-0.4, -0.2) is 31.5 Å². The summed E-state index contributed by atoms with van der Waals surface area (Å²) in [7, 11) is 0. The molecule has 1 aliphatic carbocycles. The molecule has 34 heavy (non-hydrogen) atoms. The van der Waals surface area contributed by atoms with Crippen molar-refractivity contribution in [1.29, 1.82) is 0 Å². The Morgan fingerprint density at radius 2 is 1.76 bits per heavy atom. The first-order valence-corrected chi connectivity index (χ1v) is 11.6. The summed E-state index contributed by atoms with van der Waals surface area (Å²) < 4.78 is 1.66. The van der Waals surface area contributed by atoms with Crippen molar-refractivity contribution in [3.05, 3.63) is 117 Å². The molecule has 7 nitrogen and oxygen atoms in total. The van der Waals surface area contributed by atoms with E-state index in [0.29, 0.717) is 24.7 Å². The van der Waals surface area contributed by atoms with Crippen LogP contribution in [-0.2, 0) is 13.1 Å². The van der Waals surface area contributed by atoms with Crippen LogP contribution in [0, 0.1) is 0 Å². The number of benzene rings is 2. The van der Waals surface area contributed by atoms with Gasteiger partial charge in [-0.2, -0.15) is 9.90 Å². The molecule has 5 rings (SSSR count). The van der Waals surface area contributed by atoms with Crippen molar-refractivity contribution in [3.63, 3.8) is 0 Å². The number of hydrogen-bond donors (Lipinski definition) is 1. The predicted octanol–water partition coefficient (Wildman–Crippen LogP) is 3.87. The Morgan fingerprint density at radius 1 is 1.00 bits per heavy atom. The molecule has 2 heterocycles. The Labute approximate surface area is 202 Å². The van der Waals surface area contributed by atoms with Gasteiger partial charge in [-0.05, 0) is 53.6 Å². The molecule has 0 aliphatic heterocycles. The van der Waals surface area contributed by atoms with Gasteiger partial charge in [-0.3, -0.25) is 9.59 Å². The van der Waals surface area contributed by atoms with Gasteiger partial charge in [0, 0.05) is 23.3 Å².